The van der Waals surface area contributed by atoms with Crippen LogP contribution in [0.2, 0.25) is 5.02 Å². The lowest BCUT2D eigenvalue weighted by Crippen LogP contribution is -2.34. The summed E-state index contributed by atoms with van der Waals surface area (Å²) in [5.41, 5.74) is 1.92. The molecule has 0 aliphatic heterocycles. The molecular weight excluding hydrogens is 283 g/mol. The van der Waals surface area contributed by atoms with Gasteiger partial charge in [0.05, 0.1) is 22.5 Å². The number of para-hydroxylation sites is 1. The lowest BCUT2D eigenvalue weighted by atomic mass is 9.88. The van der Waals surface area contributed by atoms with Crippen LogP contribution in [0, 0.1) is 0 Å². The zero-order chi connectivity index (χ0) is 13.4. The summed E-state index contributed by atoms with van der Waals surface area (Å²) in [5, 5.41) is 0.684. The molecule has 1 fully saturated rings. The van der Waals surface area contributed by atoms with Gasteiger partial charge in [-0.05, 0) is 31.9 Å². The van der Waals surface area contributed by atoms with Gasteiger partial charge in [0, 0.05) is 12.6 Å². The van der Waals surface area contributed by atoms with E-state index in [4.69, 9.17) is 27.9 Å². The number of hydrogen-bond donors (Lipinski definition) is 0. The van der Waals surface area contributed by atoms with Crippen molar-refractivity contribution in [2.45, 2.75) is 37.8 Å². The predicted octanol–water partition coefficient (Wildman–Crippen LogP) is 4.17. The molecule has 0 N–H and O–H groups in total. The first kappa shape index (κ1) is 13.2. The third kappa shape index (κ3) is 2.24. The molecule has 1 aliphatic rings. The minimum Gasteiger partial charge on any atom is -0.378 e. The number of ether oxygens (including phenoxy) is 1. The Labute approximate surface area is 122 Å². The van der Waals surface area contributed by atoms with Crippen molar-refractivity contribution in [1.82, 2.24) is 9.55 Å². The normalized spacial score (nSPS) is 22.7. The van der Waals surface area contributed by atoms with Crippen molar-refractivity contribution in [3.8, 4) is 0 Å². The van der Waals surface area contributed by atoms with Crippen molar-refractivity contribution < 1.29 is 4.74 Å². The first-order valence-corrected chi connectivity index (χ1v) is 7.48. The van der Waals surface area contributed by atoms with Gasteiger partial charge in [-0.3, -0.25) is 0 Å². The molecule has 2 aromatic rings. The van der Waals surface area contributed by atoms with Gasteiger partial charge in [0.15, 0.2) is 0 Å². The van der Waals surface area contributed by atoms with Crippen molar-refractivity contribution in [2.24, 2.45) is 0 Å². The number of aromatic nitrogens is 2. The molecule has 0 unspecified atom stereocenters. The Balaban J connectivity index is 1.96. The van der Waals surface area contributed by atoms with E-state index in [1.807, 2.05) is 19.1 Å². The molecule has 0 saturated heterocycles. The Hall–Kier alpha value is -0.770. The highest BCUT2D eigenvalue weighted by Crippen LogP contribution is 2.39. The summed E-state index contributed by atoms with van der Waals surface area (Å²) in [6.45, 7) is 2.81. The number of benzene rings is 1. The number of imidazole rings is 1. The third-order valence-corrected chi connectivity index (χ3v) is 4.24. The van der Waals surface area contributed by atoms with Gasteiger partial charge < -0.3 is 9.30 Å². The standard InChI is InChI=1S/C14H16Cl2N2O/c1-2-19-10-6-9(7-10)18-12-5-3-4-11(16)14(12)17-13(18)8-15/h3-5,9-10H,2,6-8H2,1H3. The summed E-state index contributed by atoms with van der Waals surface area (Å²) in [5.74, 6) is 1.30. The number of rotatable bonds is 4. The SMILES string of the molecule is CCOC1CC(n2c(CCl)nc3c(Cl)cccc32)C1. The average molecular weight is 299 g/mol. The molecule has 1 heterocycles. The van der Waals surface area contributed by atoms with Gasteiger partial charge in [-0.15, -0.1) is 11.6 Å². The van der Waals surface area contributed by atoms with Crippen molar-refractivity contribution >= 4 is 34.2 Å². The zero-order valence-electron chi connectivity index (χ0n) is 10.8. The Morgan fingerprint density at radius 2 is 2.21 bits per heavy atom. The molecule has 1 saturated carbocycles. The van der Waals surface area contributed by atoms with E-state index < -0.39 is 0 Å². The van der Waals surface area contributed by atoms with Gasteiger partial charge >= 0.3 is 0 Å². The van der Waals surface area contributed by atoms with E-state index in [2.05, 4.69) is 15.6 Å². The zero-order valence-corrected chi connectivity index (χ0v) is 12.3. The third-order valence-electron chi connectivity index (χ3n) is 3.70. The van der Waals surface area contributed by atoms with Crippen LogP contribution in [0.1, 0.15) is 31.6 Å². The number of hydrogen-bond acceptors (Lipinski definition) is 2. The summed E-state index contributed by atoms with van der Waals surface area (Å²) < 4.78 is 7.85. The monoisotopic (exact) mass is 298 g/mol. The quantitative estimate of drug-likeness (QED) is 0.792. The maximum Gasteiger partial charge on any atom is 0.125 e. The molecule has 19 heavy (non-hydrogen) atoms. The summed E-state index contributed by atoms with van der Waals surface area (Å²) >= 11 is 12.2. The predicted molar refractivity (Wildman–Crippen MR) is 78.0 cm³/mol. The van der Waals surface area contributed by atoms with E-state index in [9.17, 15) is 0 Å². The van der Waals surface area contributed by atoms with Gasteiger partial charge in [0.1, 0.15) is 11.3 Å². The lowest BCUT2D eigenvalue weighted by Gasteiger charge is -2.36. The second-order valence-corrected chi connectivity index (χ2v) is 5.52. The molecule has 1 aliphatic carbocycles. The maximum absolute atomic E-state index is 6.20. The molecular formula is C14H16Cl2N2O. The molecule has 3 nitrogen and oxygen atoms in total. The fourth-order valence-electron chi connectivity index (χ4n) is 2.75. The van der Waals surface area contributed by atoms with Gasteiger partial charge in [0.2, 0.25) is 0 Å². The van der Waals surface area contributed by atoms with E-state index >= 15 is 0 Å². The van der Waals surface area contributed by atoms with Crippen LogP contribution in [0.4, 0.5) is 0 Å². The van der Waals surface area contributed by atoms with E-state index in [0.29, 0.717) is 23.0 Å². The molecule has 102 valence electrons. The van der Waals surface area contributed by atoms with Crippen LogP contribution in [-0.2, 0) is 10.6 Å². The molecule has 3 rings (SSSR count). The van der Waals surface area contributed by atoms with Crippen molar-refractivity contribution in [2.75, 3.05) is 6.61 Å². The number of halogens is 2. The van der Waals surface area contributed by atoms with Gasteiger partial charge in [0.25, 0.3) is 0 Å². The molecule has 0 spiro atoms. The summed E-state index contributed by atoms with van der Waals surface area (Å²) in [4.78, 5) is 4.56. The minimum atomic E-state index is 0.370. The second-order valence-electron chi connectivity index (χ2n) is 4.84. The Kier molecular flexibility index (Phi) is 3.70. The van der Waals surface area contributed by atoms with Crippen molar-refractivity contribution in [3.05, 3.63) is 29.0 Å². The molecule has 1 aromatic heterocycles. The molecule has 0 bridgehead atoms. The van der Waals surface area contributed by atoms with Crippen LogP contribution < -0.4 is 0 Å². The van der Waals surface area contributed by atoms with E-state index in [1.54, 1.807) is 0 Å². The maximum atomic E-state index is 6.20. The highest BCUT2D eigenvalue weighted by Gasteiger charge is 2.33. The Bertz CT molecular complexity index is 590. The number of nitrogens with zero attached hydrogens (tertiary/aromatic N) is 2. The first-order valence-electron chi connectivity index (χ1n) is 6.57. The molecule has 0 radical (unpaired) electrons. The van der Waals surface area contributed by atoms with Gasteiger partial charge in [-0.2, -0.15) is 0 Å². The molecule has 0 atom stereocenters. The summed E-state index contributed by atoms with van der Waals surface area (Å²) in [7, 11) is 0. The van der Waals surface area contributed by atoms with Gasteiger partial charge in [-0.1, -0.05) is 17.7 Å². The molecule has 0 amide bonds. The number of alkyl halides is 1. The highest BCUT2D eigenvalue weighted by molar-refractivity contribution is 6.35. The fraction of sp³-hybridized carbons (Fsp3) is 0.500. The first-order chi connectivity index (χ1) is 9.24. The molecule has 5 heteroatoms. The Morgan fingerprint density at radius 1 is 1.42 bits per heavy atom. The van der Waals surface area contributed by atoms with Crippen LogP contribution >= 0.6 is 23.2 Å². The topological polar surface area (TPSA) is 27.1 Å². The Morgan fingerprint density at radius 3 is 2.89 bits per heavy atom. The van der Waals surface area contributed by atoms with Crippen LogP contribution in [0.15, 0.2) is 18.2 Å². The summed E-state index contributed by atoms with van der Waals surface area (Å²) in [6, 6.07) is 6.30. The van der Waals surface area contributed by atoms with Gasteiger partial charge in [-0.25, -0.2) is 4.98 Å². The van der Waals surface area contributed by atoms with Crippen LogP contribution in [0.3, 0.4) is 0 Å². The average Bonchev–Trinajstić information content (AvgIpc) is 2.73. The van der Waals surface area contributed by atoms with E-state index in [-0.39, 0.29) is 0 Å². The van der Waals surface area contributed by atoms with E-state index in [0.717, 1.165) is 36.3 Å². The second kappa shape index (κ2) is 5.31. The largest absolute Gasteiger partial charge is 0.378 e. The van der Waals surface area contributed by atoms with Crippen molar-refractivity contribution in [1.29, 1.82) is 0 Å². The van der Waals surface area contributed by atoms with Crippen LogP contribution in [0.25, 0.3) is 11.0 Å². The smallest absolute Gasteiger partial charge is 0.125 e. The fourth-order valence-corrected chi connectivity index (χ4v) is 3.15. The van der Waals surface area contributed by atoms with Crippen molar-refractivity contribution in [3.63, 3.8) is 0 Å². The summed E-state index contributed by atoms with van der Waals surface area (Å²) in [6.07, 6.45) is 2.42. The van der Waals surface area contributed by atoms with E-state index in [1.165, 1.54) is 0 Å². The van der Waals surface area contributed by atoms with Crippen LogP contribution in [0.5, 0.6) is 0 Å². The lowest BCUT2D eigenvalue weighted by molar-refractivity contribution is -0.0192. The number of fused-ring (bicyclic) bond motifs is 1. The minimum absolute atomic E-state index is 0.370. The van der Waals surface area contributed by atoms with Crippen LogP contribution in [-0.4, -0.2) is 22.3 Å². The molecule has 1 aromatic carbocycles. The highest BCUT2D eigenvalue weighted by atomic mass is 35.5.